The number of likely N-dealkylation sites (N-methyl/N-ethyl adjacent to an activating group) is 1. The lowest BCUT2D eigenvalue weighted by Gasteiger charge is -2.35. The number of hydrogen-bond acceptors (Lipinski definition) is 4. The summed E-state index contributed by atoms with van der Waals surface area (Å²) in [6.07, 6.45) is 7.52. The third-order valence-electron chi connectivity index (χ3n) is 4.90. The van der Waals surface area contributed by atoms with E-state index in [9.17, 15) is 4.79 Å². The SMILES string of the molecule is CC(Cc1ccc2c(c1)OCO2)N(C)C(=O)C1=CN(C(C)(C)C)C=CC1. The number of allylic oxidation sites excluding steroid dienone is 1. The molecule has 0 aliphatic carbocycles. The van der Waals surface area contributed by atoms with E-state index in [0.717, 1.165) is 29.1 Å². The molecular formula is C21H28N2O3. The van der Waals surface area contributed by atoms with Crippen LogP contribution < -0.4 is 9.47 Å². The third-order valence-corrected chi connectivity index (χ3v) is 4.90. The number of carbonyl (C=O) groups excluding carboxylic acids is 1. The second-order valence-electron chi connectivity index (χ2n) is 7.98. The molecule has 2 aliphatic heterocycles. The molecular weight excluding hydrogens is 328 g/mol. The summed E-state index contributed by atoms with van der Waals surface area (Å²) in [4.78, 5) is 16.9. The molecule has 0 bridgehead atoms. The first kappa shape index (κ1) is 18.4. The smallest absolute Gasteiger partial charge is 0.251 e. The summed E-state index contributed by atoms with van der Waals surface area (Å²) >= 11 is 0. The zero-order valence-corrected chi connectivity index (χ0v) is 16.3. The van der Waals surface area contributed by atoms with E-state index in [1.807, 2.05) is 42.5 Å². The minimum absolute atomic E-state index is 0.0425. The van der Waals surface area contributed by atoms with Crippen LogP contribution in [0.4, 0.5) is 0 Å². The highest BCUT2D eigenvalue weighted by molar-refractivity contribution is 5.93. The zero-order chi connectivity index (χ0) is 18.9. The Bertz CT molecular complexity index is 746. The first-order chi connectivity index (χ1) is 12.3. The molecule has 0 radical (unpaired) electrons. The second-order valence-corrected chi connectivity index (χ2v) is 7.98. The fourth-order valence-electron chi connectivity index (χ4n) is 3.09. The number of hydrogen-bond donors (Lipinski definition) is 0. The van der Waals surface area contributed by atoms with Crippen LogP contribution in [-0.4, -0.2) is 41.1 Å². The van der Waals surface area contributed by atoms with Crippen LogP contribution in [0.2, 0.25) is 0 Å². The molecule has 0 saturated carbocycles. The van der Waals surface area contributed by atoms with E-state index in [1.165, 1.54) is 0 Å². The monoisotopic (exact) mass is 356 g/mol. The fourth-order valence-corrected chi connectivity index (χ4v) is 3.09. The molecule has 0 fully saturated rings. The molecule has 5 nitrogen and oxygen atoms in total. The van der Waals surface area contributed by atoms with Crippen LogP contribution in [0.25, 0.3) is 0 Å². The molecule has 5 heteroatoms. The van der Waals surface area contributed by atoms with Crippen molar-refractivity contribution in [2.75, 3.05) is 13.8 Å². The van der Waals surface area contributed by atoms with Crippen LogP contribution in [0.15, 0.2) is 42.2 Å². The molecule has 26 heavy (non-hydrogen) atoms. The van der Waals surface area contributed by atoms with Gasteiger partial charge in [0.1, 0.15) is 0 Å². The highest BCUT2D eigenvalue weighted by Gasteiger charge is 2.25. The van der Waals surface area contributed by atoms with Gasteiger partial charge >= 0.3 is 0 Å². The Balaban J connectivity index is 1.67. The van der Waals surface area contributed by atoms with Crippen molar-refractivity contribution >= 4 is 5.91 Å². The molecule has 0 saturated heterocycles. The molecule has 3 rings (SSSR count). The molecule has 1 unspecified atom stereocenters. The van der Waals surface area contributed by atoms with Crippen LogP contribution in [0.3, 0.4) is 0 Å². The average molecular weight is 356 g/mol. The van der Waals surface area contributed by atoms with Gasteiger partial charge in [-0.1, -0.05) is 12.1 Å². The van der Waals surface area contributed by atoms with E-state index in [4.69, 9.17) is 9.47 Å². The molecule has 0 N–H and O–H groups in total. The summed E-state index contributed by atoms with van der Waals surface area (Å²) in [5.41, 5.74) is 1.91. The van der Waals surface area contributed by atoms with E-state index < -0.39 is 0 Å². The number of carbonyl (C=O) groups is 1. The van der Waals surface area contributed by atoms with E-state index in [1.54, 1.807) is 0 Å². The van der Waals surface area contributed by atoms with Crippen molar-refractivity contribution in [1.82, 2.24) is 9.80 Å². The Kier molecular flexibility index (Phi) is 4.99. The topological polar surface area (TPSA) is 42.0 Å². The summed E-state index contributed by atoms with van der Waals surface area (Å²) in [7, 11) is 1.88. The van der Waals surface area contributed by atoms with Crippen molar-refractivity contribution in [1.29, 1.82) is 0 Å². The molecule has 2 aliphatic rings. The van der Waals surface area contributed by atoms with Crippen LogP contribution >= 0.6 is 0 Å². The number of ether oxygens (including phenoxy) is 2. The van der Waals surface area contributed by atoms with E-state index >= 15 is 0 Å². The number of benzene rings is 1. The highest BCUT2D eigenvalue weighted by atomic mass is 16.7. The van der Waals surface area contributed by atoms with Gasteiger partial charge in [-0.05, 0) is 58.2 Å². The molecule has 1 aromatic carbocycles. The van der Waals surface area contributed by atoms with Gasteiger partial charge in [0, 0.05) is 36.6 Å². The summed E-state index contributed by atoms with van der Waals surface area (Å²) in [5.74, 6) is 1.65. The van der Waals surface area contributed by atoms with Crippen LogP contribution in [0.1, 0.15) is 39.7 Å². The zero-order valence-electron chi connectivity index (χ0n) is 16.3. The molecule has 2 heterocycles. The van der Waals surface area contributed by atoms with E-state index in [0.29, 0.717) is 6.42 Å². The second kappa shape index (κ2) is 7.06. The number of fused-ring (bicyclic) bond motifs is 1. The number of amides is 1. The standard InChI is InChI=1S/C21H28N2O3/c1-15(11-16-8-9-18-19(12-16)26-14-25-18)22(5)20(24)17-7-6-10-23(13-17)21(2,3)4/h6,8-10,12-13,15H,7,11,14H2,1-5H3. The van der Waals surface area contributed by atoms with Gasteiger partial charge in [0.15, 0.2) is 11.5 Å². The molecule has 1 atom stereocenters. The predicted octanol–water partition coefficient (Wildman–Crippen LogP) is 3.71. The van der Waals surface area contributed by atoms with Crippen molar-refractivity contribution in [3.8, 4) is 11.5 Å². The van der Waals surface area contributed by atoms with Gasteiger partial charge in [-0.25, -0.2) is 0 Å². The van der Waals surface area contributed by atoms with Gasteiger partial charge in [-0.3, -0.25) is 4.79 Å². The maximum Gasteiger partial charge on any atom is 0.251 e. The van der Waals surface area contributed by atoms with Gasteiger partial charge in [0.2, 0.25) is 6.79 Å². The maximum atomic E-state index is 12.9. The van der Waals surface area contributed by atoms with Gasteiger partial charge < -0.3 is 19.3 Å². The molecule has 1 aromatic rings. The summed E-state index contributed by atoms with van der Waals surface area (Å²) in [5, 5.41) is 0. The highest BCUT2D eigenvalue weighted by Crippen LogP contribution is 2.33. The van der Waals surface area contributed by atoms with Gasteiger partial charge in [-0.15, -0.1) is 0 Å². The van der Waals surface area contributed by atoms with E-state index in [2.05, 4.69) is 38.7 Å². The fraction of sp³-hybridized carbons (Fsp3) is 0.476. The van der Waals surface area contributed by atoms with Gasteiger partial charge in [0.25, 0.3) is 5.91 Å². The lowest BCUT2D eigenvalue weighted by Crippen LogP contribution is -2.40. The minimum Gasteiger partial charge on any atom is -0.454 e. The molecule has 140 valence electrons. The lowest BCUT2D eigenvalue weighted by molar-refractivity contribution is -0.127. The van der Waals surface area contributed by atoms with Crippen molar-refractivity contribution < 1.29 is 14.3 Å². The molecule has 0 aromatic heterocycles. The first-order valence-corrected chi connectivity index (χ1v) is 9.07. The quantitative estimate of drug-likeness (QED) is 0.825. The maximum absolute atomic E-state index is 12.9. The summed E-state index contributed by atoms with van der Waals surface area (Å²) in [6, 6.07) is 6.05. The summed E-state index contributed by atoms with van der Waals surface area (Å²) in [6.45, 7) is 8.75. The van der Waals surface area contributed by atoms with E-state index in [-0.39, 0.29) is 24.3 Å². The van der Waals surface area contributed by atoms with Crippen LogP contribution in [0, 0.1) is 0 Å². The molecule has 0 spiro atoms. The van der Waals surface area contributed by atoms with Gasteiger partial charge in [0.05, 0.1) is 0 Å². The minimum atomic E-state index is -0.0425. The Morgan fingerprint density at radius 2 is 2.00 bits per heavy atom. The normalized spacial score (nSPS) is 17.1. The van der Waals surface area contributed by atoms with Crippen molar-refractivity contribution in [2.45, 2.75) is 52.1 Å². The third kappa shape index (κ3) is 3.87. The average Bonchev–Trinajstić information content (AvgIpc) is 3.07. The van der Waals surface area contributed by atoms with Crippen LogP contribution in [-0.2, 0) is 11.2 Å². The Hall–Kier alpha value is -2.43. The largest absolute Gasteiger partial charge is 0.454 e. The Morgan fingerprint density at radius 3 is 2.73 bits per heavy atom. The number of rotatable bonds is 4. The Labute approximate surface area is 155 Å². The predicted molar refractivity (Wildman–Crippen MR) is 102 cm³/mol. The van der Waals surface area contributed by atoms with Gasteiger partial charge in [-0.2, -0.15) is 0 Å². The first-order valence-electron chi connectivity index (χ1n) is 9.07. The summed E-state index contributed by atoms with van der Waals surface area (Å²) < 4.78 is 10.8. The lowest BCUT2D eigenvalue weighted by atomic mass is 10.0. The van der Waals surface area contributed by atoms with Crippen molar-refractivity contribution in [3.63, 3.8) is 0 Å². The van der Waals surface area contributed by atoms with Crippen LogP contribution in [0.5, 0.6) is 11.5 Å². The van der Waals surface area contributed by atoms with Crippen molar-refractivity contribution in [3.05, 3.63) is 47.8 Å². The molecule has 1 amide bonds. The number of nitrogens with zero attached hydrogens (tertiary/aromatic N) is 2. The van der Waals surface area contributed by atoms with Crippen molar-refractivity contribution in [2.24, 2.45) is 0 Å². The Morgan fingerprint density at radius 1 is 1.27 bits per heavy atom.